The second-order valence-corrected chi connectivity index (χ2v) is 5.20. The lowest BCUT2D eigenvalue weighted by Gasteiger charge is -2.14. The van der Waals surface area contributed by atoms with Crippen molar-refractivity contribution in [1.29, 1.82) is 0 Å². The largest absolute Gasteiger partial charge is 0.508 e. The van der Waals surface area contributed by atoms with E-state index in [0.29, 0.717) is 5.75 Å². The van der Waals surface area contributed by atoms with Gasteiger partial charge >= 0.3 is 0 Å². The van der Waals surface area contributed by atoms with Gasteiger partial charge in [0.25, 0.3) is 0 Å². The first kappa shape index (κ1) is 13.5. The fraction of sp³-hybridized carbons (Fsp3) is 0.294. The average Bonchev–Trinajstić information content (AvgIpc) is 2.35. The predicted octanol–water partition coefficient (Wildman–Crippen LogP) is 4.92. The molecule has 2 nitrogen and oxygen atoms in total. The zero-order chi connectivity index (χ0) is 14.0. The summed E-state index contributed by atoms with van der Waals surface area (Å²) >= 11 is 0. The minimum absolute atomic E-state index is 0.265. The summed E-state index contributed by atoms with van der Waals surface area (Å²) in [6, 6.07) is 11.5. The van der Waals surface area contributed by atoms with E-state index < -0.39 is 0 Å². The average molecular weight is 256 g/mol. The molecule has 2 aromatic rings. The summed E-state index contributed by atoms with van der Waals surface area (Å²) in [6.07, 6.45) is 0. The van der Waals surface area contributed by atoms with Crippen molar-refractivity contribution in [3.05, 3.63) is 53.1 Å². The van der Waals surface area contributed by atoms with Gasteiger partial charge < -0.3 is 9.84 Å². The Morgan fingerprint density at radius 3 is 2.21 bits per heavy atom. The molecule has 19 heavy (non-hydrogen) atoms. The molecule has 0 heterocycles. The molecule has 0 aliphatic heterocycles. The highest BCUT2D eigenvalue weighted by Crippen LogP contribution is 2.33. The molecule has 2 aromatic carbocycles. The highest BCUT2D eigenvalue weighted by atomic mass is 16.5. The maximum absolute atomic E-state index is 9.83. The van der Waals surface area contributed by atoms with Gasteiger partial charge in [-0.05, 0) is 49.1 Å². The quantitative estimate of drug-likeness (QED) is 0.844. The molecule has 0 aliphatic rings. The molecule has 0 amide bonds. The summed E-state index contributed by atoms with van der Waals surface area (Å²) < 4.78 is 5.97. The minimum Gasteiger partial charge on any atom is -0.508 e. The van der Waals surface area contributed by atoms with Gasteiger partial charge in [-0.25, -0.2) is 0 Å². The summed E-state index contributed by atoms with van der Waals surface area (Å²) in [7, 11) is 0. The van der Waals surface area contributed by atoms with E-state index in [9.17, 15) is 5.11 Å². The van der Waals surface area contributed by atoms with Gasteiger partial charge in [-0.15, -0.1) is 0 Å². The number of rotatable bonds is 3. The maximum atomic E-state index is 9.83. The van der Waals surface area contributed by atoms with Crippen molar-refractivity contribution in [2.75, 3.05) is 0 Å². The number of aromatic hydroxyl groups is 1. The first-order chi connectivity index (χ1) is 8.99. The van der Waals surface area contributed by atoms with Crippen LogP contribution >= 0.6 is 0 Å². The van der Waals surface area contributed by atoms with Gasteiger partial charge in [0.05, 0.1) is 0 Å². The Morgan fingerprint density at radius 2 is 1.63 bits per heavy atom. The Hall–Kier alpha value is -1.96. The van der Waals surface area contributed by atoms with Crippen molar-refractivity contribution >= 4 is 0 Å². The van der Waals surface area contributed by atoms with Crippen molar-refractivity contribution in [3.8, 4) is 17.2 Å². The molecule has 0 radical (unpaired) electrons. The van der Waals surface area contributed by atoms with E-state index >= 15 is 0 Å². The molecule has 2 rings (SSSR count). The molecule has 0 aromatic heterocycles. The zero-order valence-electron chi connectivity index (χ0n) is 11.9. The topological polar surface area (TPSA) is 29.5 Å². The fourth-order valence-corrected chi connectivity index (χ4v) is 2.14. The van der Waals surface area contributed by atoms with Crippen molar-refractivity contribution < 1.29 is 9.84 Å². The molecule has 100 valence electrons. The lowest BCUT2D eigenvalue weighted by molar-refractivity contribution is 0.452. The molecule has 0 bridgehead atoms. The highest BCUT2D eigenvalue weighted by Gasteiger charge is 2.10. The van der Waals surface area contributed by atoms with Crippen LogP contribution in [0.3, 0.4) is 0 Å². The van der Waals surface area contributed by atoms with Crippen LogP contribution in [-0.2, 0) is 0 Å². The highest BCUT2D eigenvalue weighted by molar-refractivity contribution is 5.46. The Labute approximate surface area is 114 Å². The summed E-state index contributed by atoms with van der Waals surface area (Å²) in [5.41, 5.74) is 3.13. The van der Waals surface area contributed by atoms with Crippen molar-refractivity contribution in [3.63, 3.8) is 0 Å². The lowest BCUT2D eigenvalue weighted by atomic mass is 10.0. The molecular formula is C17H20O2. The monoisotopic (exact) mass is 256 g/mol. The Bertz CT molecular complexity index is 566. The van der Waals surface area contributed by atoms with Crippen LogP contribution in [0.15, 0.2) is 36.4 Å². The molecule has 0 saturated heterocycles. The van der Waals surface area contributed by atoms with Crippen LogP contribution in [-0.4, -0.2) is 5.11 Å². The normalized spacial score (nSPS) is 10.8. The van der Waals surface area contributed by atoms with Gasteiger partial charge in [0, 0.05) is 5.56 Å². The molecule has 0 aliphatic carbocycles. The molecular weight excluding hydrogens is 236 g/mol. The number of aryl methyl sites for hydroxylation is 2. The Kier molecular flexibility index (Phi) is 3.79. The van der Waals surface area contributed by atoms with Crippen molar-refractivity contribution in [1.82, 2.24) is 0 Å². The molecule has 0 atom stereocenters. The number of benzene rings is 2. The van der Waals surface area contributed by atoms with Crippen LogP contribution in [0.25, 0.3) is 0 Å². The number of phenols is 1. The summed E-state index contributed by atoms with van der Waals surface area (Å²) in [5.74, 6) is 2.24. The zero-order valence-corrected chi connectivity index (χ0v) is 11.9. The second-order valence-electron chi connectivity index (χ2n) is 5.20. The molecule has 0 unspecified atom stereocenters. The van der Waals surface area contributed by atoms with Crippen LogP contribution < -0.4 is 4.74 Å². The van der Waals surface area contributed by atoms with Gasteiger partial charge in [-0.2, -0.15) is 0 Å². The number of hydrogen-bond acceptors (Lipinski definition) is 2. The van der Waals surface area contributed by atoms with Gasteiger partial charge in [-0.1, -0.05) is 32.0 Å². The SMILES string of the molecule is Cc1cccc(C)c1Oc1ccc(O)c(C(C)C)c1. The van der Waals surface area contributed by atoms with Crippen LogP contribution in [0, 0.1) is 13.8 Å². The first-order valence-electron chi connectivity index (χ1n) is 6.56. The minimum atomic E-state index is 0.265. The fourth-order valence-electron chi connectivity index (χ4n) is 2.14. The van der Waals surface area contributed by atoms with E-state index in [1.807, 2.05) is 38.1 Å². The summed E-state index contributed by atoms with van der Waals surface area (Å²) in [6.45, 7) is 8.17. The second kappa shape index (κ2) is 5.35. The van der Waals surface area contributed by atoms with Gasteiger partial charge in [0.1, 0.15) is 17.2 Å². The van der Waals surface area contributed by atoms with E-state index in [4.69, 9.17) is 4.74 Å². The lowest BCUT2D eigenvalue weighted by Crippen LogP contribution is -1.93. The van der Waals surface area contributed by atoms with Crippen LogP contribution in [0.2, 0.25) is 0 Å². The molecule has 2 heteroatoms. The molecule has 1 N–H and O–H groups in total. The molecule has 0 spiro atoms. The molecule has 0 saturated carbocycles. The predicted molar refractivity (Wildman–Crippen MR) is 78.2 cm³/mol. The number of phenolic OH excluding ortho intramolecular Hbond substituents is 1. The van der Waals surface area contributed by atoms with Gasteiger partial charge in [-0.3, -0.25) is 0 Å². The third-order valence-electron chi connectivity index (χ3n) is 3.25. The Morgan fingerprint density at radius 1 is 1.00 bits per heavy atom. The summed E-state index contributed by atoms with van der Waals surface area (Å²) in [5, 5.41) is 9.83. The Balaban J connectivity index is 2.36. The van der Waals surface area contributed by atoms with E-state index in [-0.39, 0.29) is 5.92 Å². The van der Waals surface area contributed by atoms with E-state index in [0.717, 1.165) is 28.2 Å². The van der Waals surface area contributed by atoms with E-state index in [2.05, 4.69) is 13.8 Å². The van der Waals surface area contributed by atoms with Crippen LogP contribution in [0.5, 0.6) is 17.2 Å². The van der Waals surface area contributed by atoms with Crippen molar-refractivity contribution in [2.45, 2.75) is 33.6 Å². The number of hydrogen-bond donors (Lipinski definition) is 1. The van der Waals surface area contributed by atoms with Crippen LogP contribution in [0.4, 0.5) is 0 Å². The maximum Gasteiger partial charge on any atom is 0.133 e. The van der Waals surface area contributed by atoms with Gasteiger partial charge in [0.15, 0.2) is 0 Å². The smallest absolute Gasteiger partial charge is 0.133 e. The number of ether oxygens (including phenoxy) is 1. The third-order valence-corrected chi connectivity index (χ3v) is 3.25. The van der Waals surface area contributed by atoms with E-state index in [1.54, 1.807) is 12.1 Å². The number of para-hydroxylation sites is 1. The third kappa shape index (κ3) is 2.90. The van der Waals surface area contributed by atoms with Gasteiger partial charge in [0.2, 0.25) is 0 Å². The van der Waals surface area contributed by atoms with Crippen molar-refractivity contribution in [2.24, 2.45) is 0 Å². The standard InChI is InChI=1S/C17H20O2/c1-11(2)15-10-14(8-9-16(15)18)19-17-12(3)6-5-7-13(17)4/h5-11,18H,1-4H3. The van der Waals surface area contributed by atoms with Crippen LogP contribution in [0.1, 0.15) is 36.5 Å². The molecule has 0 fully saturated rings. The first-order valence-corrected chi connectivity index (χ1v) is 6.56. The van der Waals surface area contributed by atoms with E-state index in [1.165, 1.54) is 0 Å². The summed E-state index contributed by atoms with van der Waals surface area (Å²) in [4.78, 5) is 0.